The van der Waals surface area contributed by atoms with Crippen LogP contribution in [-0.2, 0) is 14.2 Å². The molecule has 0 aliphatic carbocycles. The van der Waals surface area contributed by atoms with Crippen molar-refractivity contribution in [3.8, 4) is 10.7 Å². The first-order valence-electron chi connectivity index (χ1n) is 10.3. The first kappa shape index (κ1) is 32.0. The Morgan fingerprint density at radius 1 is 0.919 bits per heavy atom. The smallest absolute Gasteiger partial charge is 0.309 e. The zero-order valence-electron chi connectivity index (χ0n) is 19.7. The van der Waals surface area contributed by atoms with Gasteiger partial charge in [-0.1, -0.05) is 50.9 Å². The van der Waals surface area contributed by atoms with Crippen molar-refractivity contribution in [2.75, 3.05) is 0 Å². The summed E-state index contributed by atoms with van der Waals surface area (Å²) in [5, 5.41) is 0.249. The van der Waals surface area contributed by atoms with Crippen molar-refractivity contribution >= 4 is 102 Å². The van der Waals surface area contributed by atoms with Crippen LogP contribution in [0.25, 0.3) is 10.7 Å². The quantitative estimate of drug-likeness (QED) is 0.172. The Morgan fingerprint density at radius 2 is 1.41 bits per heavy atom. The summed E-state index contributed by atoms with van der Waals surface area (Å²) in [5.74, 6) is -0.316. The van der Waals surface area contributed by atoms with Crippen molar-refractivity contribution in [1.82, 2.24) is 25.3 Å². The molecule has 1 N–H and O–H groups in total. The van der Waals surface area contributed by atoms with Crippen LogP contribution in [0.4, 0.5) is 0 Å². The zero-order chi connectivity index (χ0) is 27.9. The average molecular weight is 665 g/mol. The van der Waals surface area contributed by atoms with Crippen LogP contribution in [0.5, 0.6) is 0 Å². The maximum Gasteiger partial charge on any atom is 0.339 e. The van der Waals surface area contributed by atoms with Crippen molar-refractivity contribution in [1.29, 1.82) is 0 Å². The van der Waals surface area contributed by atoms with Crippen LogP contribution in [0, 0.1) is 11.8 Å². The van der Waals surface area contributed by atoms with E-state index in [9.17, 15) is 14.2 Å². The fraction of sp³-hybridized carbons (Fsp3) is 0.350. The van der Waals surface area contributed by atoms with Gasteiger partial charge in [0.15, 0.2) is 11.7 Å². The lowest BCUT2D eigenvalue weighted by Crippen LogP contribution is -2.46. The number of amides is 2. The van der Waals surface area contributed by atoms with E-state index in [1.165, 1.54) is 22.7 Å². The number of carbonyl (C=O) groups is 2. The highest BCUT2D eigenvalue weighted by molar-refractivity contribution is 8.24. The highest BCUT2D eigenvalue weighted by atomic mass is 36.0. The van der Waals surface area contributed by atoms with E-state index in [4.69, 9.17) is 23.2 Å². The third kappa shape index (κ3) is 10.1. The predicted octanol–water partition coefficient (Wildman–Crippen LogP) is 7.66. The summed E-state index contributed by atoms with van der Waals surface area (Å²) in [6.07, 6.45) is 3.27. The zero-order valence-corrected chi connectivity index (χ0v) is 26.0. The number of halogens is 5. The molecule has 2 amide bonds. The van der Waals surface area contributed by atoms with Crippen molar-refractivity contribution in [2.24, 2.45) is 16.8 Å². The van der Waals surface area contributed by atoms with E-state index in [1.54, 1.807) is 23.4 Å². The number of hydrogen-bond donors (Lipinski definition) is 1. The largest absolute Gasteiger partial charge is 0.339 e. The highest BCUT2D eigenvalue weighted by Gasteiger charge is 2.34. The normalized spacial score (nSPS) is 15.4. The van der Waals surface area contributed by atoms with Gasteiger partial charge in [0, 0.05) is 18.0 Å². The second kappa shape index (κ2) is 14.3. The Balaban J connectivity index is 0.000000221. The molecule has 4 heterocycles. The van der Waals surface area contributed by atoms with Gasteiger partial charge in [-0.25, -0.2) is 9.97 Å². The Morgan fingerprint density at radius 3 is 1.78 bits per heavy atom. The predicted molar refractivity (Wildman–Crippen MR) is 153 cm³/mol. The second-order valence-corrected chi connectivity index (χ2v) is 17.0. The summed E-state index contributed by atoms with van der Waals surface area (Å²) in [5.41, 5.74) is 4.14. The molecule has 0 spiro atoms. The van der Waals surface area contributed by atoms with Crippen LogP contribution in [0.15, 0.2) is 28.4 Å². The van der Waals surface area contributed by atoms with Gasteiger partial charge in [-0.3, -0.25) is 24.1 Å². The molecule has 0 bridgehead atoms. The molecule has 1 unspecified atom stereocenters. The number of rotatable bonds is 4. The molecule has 0 radical (unpaired) electrons. The van der Waals surface area contributed by atoms with Crippen LogP contribution in [0.3, 0.4) is 0 Å². The van der Waals surface area contributed by atoms with Gasteiger partial charge in [0.25, 0.3) is 5.91 Å². The van der Waals surface area contributed by atoms with Crippen molar-refractivity contribution in [2.45, 2.75) is 33.6 Å². The summed E-state index contributed by atoms with van der Waals surface area (Å²) in [7, 11) is 0. The number of aliphatic imine (C=N–C) groups is 1. The van der Waals surface area contributed by atoms with E-state index in [2.05, 4.69) is 64.0 Å². The molecule has 17 heteroatoms. The van der Waals surface area contributed by atoms with E-state index in [0.29, 0.717) is 26.8 Å². The number of nitrogens with zero attached hydrogens (tertiary/aromatic N) is 5. The van der Waals surface area contributed by atoms with Gasteiger partial charge in [0.1, 0.15) is 16.2 Å². The first-order chi connectivity index (χ1) is 17.2. The molecule has 3 aromatic heterocycles. The van der Waals surface area contributed by atoms with Crippen LogP contribution < -0.4 is 5.32 Å². The number of hydrogen-bond acceptors (Lipinski definition) is 9. The van der Waals surface area contributed by atoms with Gasteiger partial charge >= 0.3 is 5.20 Å². The van der Waals surface area contributed by atoms with E-state index in [1.807, 2.05) is 27.7 Å². The molecule has 3 aromatic rings. The van der Waals surface area contributed by atoms with Crippen LogP contribution in [0.2, 0.25) is 10.3 Å². The number of nitrogens with one attached hydrogen (secondary N) is 1. The Kier molecular flexibility index (Phi) is 12.4. The fourth-order valence-corrected chi connectivity index (χ4v) is 4.82. The van der Waals surface area contributed by atoms with Crippen molar-refractivity contribution in [3.63, 3.8) is 0 Å². The monoisotopic (exact) mass is 662 g/mol. The standard InChI is InChI=1S/C10H9Cl2N3S.C10H11N3O2S.Cl3OP/c1-5(2)7-8(11)14-10(15-9(7)12)6-3-13-4-16-6;1-5(2)7-9(14)12-8(13-10(7)15)6-3-11-4-16-6;1-5(2,3)4/h3-5H,1-2H3;3-5,7H,1-2H3,(H,12,13,14,15);. The van der Waals surface area contributed by atoms with E-state index in [0.717, 1.165) is 10.4 Å². The number of aromatic nitrogens is 4. The highest BCUT2D eigenvalue weighted by Crippen LogP contribution is 2.61. The van der Waals surface area contributed by atoms with Crippen LogP contribution in [0.1, 0.15) is 44.1 Å². The summed E-state index contributed by atoms with van der Waals surface area (Å²) >= 11 is 28.8. The van der Waals surface area contributed by atoms with Crippen molar-refractivity contribution in [3.05, 3.63) is 44.2 Å². The molecule has 200 valence electrons. The van der Waals surface area contributed by atoms with E-state index < -0.39 is 11.1 Å². The van der Waals surface area contributed by atoms with Gasteiger partial charge in [-0.2, -0.15) is 4.99 Å². The first-order valence-corrected chi connectivity index (χ1v) is 17.3. The lowest BCUT2D eigenvalue weighted by molar-refractivity contribution is -0.135. The van der Waals surface area contributed by atoms with Crippen LogP contribution in [-0.4, -0.2) is 37.6 Å². The molecule has 0 saturated carbocycles. The van der Waals surface area contributed by atoms with Gasteiger partial charge in [-0.15, -0.1) is 22.7 Å². The maximum absolute atomic E-state index is 11.7. The molecule has 9 nitrogen and oxygen atoms in total. The van der Waals surface area contributed by atoms with Crippen molar-refractivity contribution < 1.29 is 14.2 Å². The molecule has 0 fully saturated rings. The summed E-state index contributed by atoms with van der Waals surface area (Å²) in [4.78, 5) is 45.2. The number of thiazole rings is 2. The number of carbonyl (C=O) groups excluding carboxylic acids is 2. The van der Waals surface area contributed by atoms with Gasteiger partial charge < -0.3 is 5.32 Å². The minimum absolute atomic E-state index is 0.0424. The lowest BCUT2D eigenvalue weighted by atomic mass is 9.93. The molecule has 1 aliphatic rings. The Hall–Kier alpha value is -1.17. The van der Waals surface area contributed by atoms with Gasteiger partial charge in [0.2, 0.25) is 5.91 Å². The Labute approximate surface area is 245 Å². The fourth-order valence-electron chi connectivity index (χ4n) is 2.88. The maximum atomic E-state index is 11.7. The topological polar surface area (TPSA) is 127 Å². The minimum Gasteiger partial charge on any atom is -0.309 e. The summed E-state index contributed by atoms with van der Waals surface area (Å²) < 4.78 is 9.51. The lowest BCUT2D eigenvalue weighted by Gasteiger charge is -2.21. The number of amidine groups is 1. The molecular weight excluding hydrogens is 645 g/mol. The Bertz CT molecular complexity index is 1270. The molecule has 1 atom stereocenters. The second-order valence-electron chi connectivity index (χ2n) is 7.84. The third-order valence-corrected chi connectivity index (χ3v) is 6.55. The molecule has 4 rings (SSSR count). The summed E-state index contributed by atoms with van der Waals surface area (Å²) in [6.45, 7) is 7.66. The molecule has 37 heavy (non-hydrogen) atoms. The minimum atomic E-state index is -3.22. The third-order valence-electron chi connectivity index (χ3n) is 4.43. The molecule has 0 aromatic carbocycles. The van der Waals surface area contributed by atoms with E-state index in [-0.39, 0.29) is 23.7 Å². The molecule has 1 aliphatic heterocycles. The SMILES string of the molecule is CC(C)C1C(=O)N=C(c2cncs2)NC1=O.CC(C)c1c(Cl)nc(-c2cncs2)nc1Cl.O=P(Cl)(Cl)Cl. The molecular formula is C20H20Cl5N6O3PS2. The van der Waals surface area contributed by atoms with Crippen LogP contribution >= 0.6 is 84.8 Å². The average Bonchev–Trinajstić information content (AvgIpc) is 3.46. The molecule has 0 saturated heterocycles. The summed E-state index contributed by atoms with van der Waals surface area (Å²) in [6, 6.07) is 0. The van der Waals surface area contributed by atoms with E-state index >= 15 is 0 Å². The van der Waals surface area contributed by atoms with Gasteiger partial charge in [0.05, 0.1) is 20.8 Å². The van der Waals surface area contributed by atoms with Gasteiger partial charge in [-0.05, 0) is 45.6 Å².